The standard InChI is InChI=1S/C37H48N2O7S2/c1-28-22-23-30(48(45,46)38(7)24-15-21-35(40)41)27-32(28)36(3,4)29(2)17-11-9-8-10-12-20-34-37(5,6)31-18-13-14-19-33(31)39(34)25-16-26-47(42,43)44/h8-14,17-20,22-23,27H,2,15-16,21,24-26H2,1,3-7H3,(H,40,41)(H,42,43,44)/b9-8+,12-10+,17-11+,34-20+. The predicted molar refractivity (Wildman–Crippen MR) is 193 cm³/mol. The van der Waals surface area contributed by atoms with Crippen molar-refractivity contribution in [2.75, 3.05) is 30.8 Å². The number of hydrogen-bond donors (Lipinski definition) is 2. The molecule has 2 aromatic rings. The Hall–Kier alpha value is -3.77. The van der Waals surface area contributed by atoms with Crippen molar-refractivity contribution in [2.24, 2.45) is 0 Å². The molecule has 9 nitrogen and oxygen atoms in total. The predicted octanol–water partition coefficient (Wildman–Crippen LogP) is 6.94. The molecule has 1 aliphatic rings. The van der Waals surface area contributed by atoms with Gasteiger partial charge in [-0.05, 0) is 66.3 Å². The maximum Gasteiger partial charge on any atom is 0.303 e. The first kappa shape index (κ1) is 38.7. The third-order valence-corrected chi connectivity index (χ3v) is 11.5. The molecule has 0 atom stereocenters. The molecule has 0 bridgehead atoms. The summed E-state index contributed by atoms with van der Waals surface area (Å²) >= 11 is 0. The Morgan fingerprint density at radius 2 is 1.65 bits per heavy atom. The van der Waals surface area contributed by atoms with E-state index in [4.69, 9.17) is 5.11 Å². The van der Waals surface area contributed by atoms with Crippen molar-refractivity contribution in [3.63, 3.8) is 0 Å². The summed E-state index contributed by atoms with van der Waals surface area (Å²) < 4.78 is 59.5. The van der Waals surface area contributed by atoms with Gasteiger partial charge in [0.25, 0.3) is 10.1 Å². The topological polar surface area (TPSA) is 132 Å². The summed E-state index contributed by atoms with van der Waals surface area (Å²) in [6.45, 7) is 15.0. The van der Waals surface area contributed by atoms with Crippen molar-refractivity contribution in [3.8, 4) is 0 Å². The lowest BCUT2D eigenvalue weighted by Gasteiger charge is -2.29. The van der Waals surface area contributed by atoms with Crippen molar-refractivity contribution in [3.05, 3.63) is 120 Å². The van der Waals surface area contributed by atoms with Crippen molar-refractivity contribution < 1.29 is 31.3 Å². The normalized spacial score (nSPS) is 16.2. The number of nitrogens with zero attached hydrogens (tertiary/aromatic N) is 2. The maximum absolute atomic E-state index is 13.2. The number of benzene rings is 2. The van der Waals surface area contributed by atoms with Gasteiger partial charge in [-0.1, -0.05) is 95.0 Å². The smallest absolute Gasteiger partial charge is 0.303 e. The zero-order chi connectivity index (χ0) is 35.9. The van der Waals surface area contributed by atoms with E-state index in [1.807, 2.05) is 81.5 Å². The van der Waals surface area contributed by atoms with Crippen LogP contribution in [0.25, 0.3) is 0 Å². The summed E-state index contributed by atoms with van der Waals surface area (Å²) in [6, 6.07) is 13.1. The van der Waals surface area contributed by atoms with Gasteiger partial charge in [0.05, 0.1) is 10.6 Å². The average molecular weight is 697 g/mol. The fraction of sp³-hybridized carbons (Fsp3) is 0.378. The molecule has 0 unspecified atom stereocenters. The number of para-hydroxylation sites is 1. The number of carboxylic acids is 1. The van der Waals surface area contributed by atoms with E-state index >= 15 is 0 Å². The van der Waals surface area contributed by atoms with Gasteiger partial charge in [-0.15, -0.1) is 0 Å². The van der Waals surface area contributed by atoms with Gasteiger partial charge in [-0.3, -0.25) is 9.35 Å². The molecule has 2 N–H and O–H groups in total. The molecular formula is C37H48N2O7S2. The van der Waals surface area contributed by atoms with E-state index < -0.39 is 31.5 Å². The summed E-state index contributed by atoms with van der Waals surface area (Å²) in [6.07, 6.45) is 13.8. The Morgan fingerprint density at radius 3 is 2.31 bits per heavy atom. The Labute approximate surface area is 286 Å². The monoisotopic (exact) mass is 696 g/mol. The lowest BCUT2D eigenvalue weighted by molar-refractivity contribution is -0.137. The largest absolute Gasteiger partial charge is 0.481 e. The molecule has 0 fully saturated rings. The third-order valence-electron chi connectivity index (χ3n) is 8.84. The lowest BCUT2D eigenvalue weighted by atomic mass is 9.76. The first-order valence-electron chi connectivity index (χ1n) is 15.8. The molecule has 2 aromatic carbocycles. The van der Waals surface area contributed by atoms with E-state index in [0.717, 1.165) is 33.6 Å². The van der Waals surface area contributed by atoms with E-state index in [1.165, 1.54) is 11.4 Å². The zero-order valence-electron chi connectivity index (χ0n) is 28.7. The van der Waals surface area contributed by atoms with Crippen LogP contribution in [0.4, 0.5) is 5.69 Å². The van der Waals surface area contributed by atoms with Gasteiger partial charge in [0.2, 0.25) is 10.0 Å². The van der Waals surface area contributed by atoms with Gasteiger partial charge in [0, 0.05) is 48.8 Å². The molecular weight excluding hydrogens is 649 g/mol. The zero-order valence-corrected chi connectivity index (χ0v) is 30.3. The minimum atomic E-state index is -4.04. The number of fused-ring (bicyclic) bond motifs is 1. The summed E-state index contributed by atoms with van der Waals surface area (Å²) in [5.74, 6) is -1.26. The molecule has 0 aromatic heterocycles. The molecule has 0 saturated heterocycles. The third kappa shape index (κ3) is 9.43. The molecule has 0 aliphatic carbocycles. The second-order valence-corrected chi connectivity index (χ2v) is 16.7. The summed E-state index contributed by atoms with van der Waals surface area (Å²) in [4.78, 5) is 13.1. The van der Waals surface area contributed by atoms with Gasteiger partial charge in [0.15, 0.2) is 0 Å². The number of sulfonamides is 1. The van der Waals surface area contributed by atoms with E-state index in [9.17, 15) is 26.2 Å². The molecule has 260 valence electrons. The van der Waals surface area contributed by atoms with Crippen LogP contribution in [0.3, 0.4) is 0 Å². The molecule has 3 rings (SSSR count). The molecule has 0 amide bonds. The number of hydrogen-bond acceptors (Lipinski definition) is 6. The quantitative estimate of drug-likeness (QED) is 0.143. The van der Waals surface area contributed by atoms with Crippen molar-refractivity contribution in [2.45, 2.75) is 69.6 Å². The second-order valence-electron chi connectivity index (χ2n) is 13.1. The Bertz CT molecular complexity index is 1850. The molecule has 11 heteroatoms. The molecule has 48 heavy (non-hydrogen) atoms. The molecule has 0 saturated carbocycles. The van der Waals surface area contributed by atoms with E-state index in [-0.39, 0.29) is 35.4 Å². The first-order valence-corrected chi connectivity index (χ1v) is 18.9. The highest BCUT2D eigenvalue weighted by Crippen LogP contribution is 2.47. The van der Waals surface area contributed by atoms with Crippen LogP contribution in [0.2, 0.25) is 0 Å². The molecule has 1 heterocycles. The highest BCUT2D eigenvalue weighted by molar-refractivity contribution is 7.89. The van der Waals surface area contributed by atoms with Gasteiger partial charge in [0.1, 0.15) is 0 Å². The van der Waals surface area contributed by atoms with E-state index in [1.54, 1.807) is 18.2 Å². The maximum atomic E-state index is 13.2. The fourth-order valence-electron chi connectivity index (χ4n) is 5.87. The lowest BCUT2D eigenvalue weighted by Crippen LogP contribution is -2.29. The number of rotatable bonds is 16. The number of carboxylic acid groups (broad SMARTS) is 1. The fourth-order valence-corrected chi connectivity index (χ4v) is 7.60. The SMILES string of the molecule is C=C(/C=C/C=C/C=C/C=C1/N(CCCS(=O)(=O)O)c2ccccc2C1(C)C)C(C)(C)c1cc(S(=O)(=O)N(C)CCCC(=O)O)ccc1C. The van der Waals surface area contributed by atoms with Crippen LogP contribution >= 0.6 is 0 Å². The molecule has 1 aliphatic heterocycles. The number of carbonyl (C=O) groups is 1. The van der Waals surface area contributed by atoms with E-state index in [0.29, 0.717) is 13.0 Å². The second kappa shape index (κ2) is 15.6. The highest BCUT2D eigenvalue weighted by atomic mass is 32.2. The Kier molecular flexibility index (Phi) is 12.6. The van der Waals surface area contributed by atoms with Gasteiger partial charge >= 0.3 is 5.97 Å². The number of anilines is 1. The minimum Gasteiger partial charge on any atom is -0.481 e. The van der Waals surface area contributed by atoms with Crippen LogP contribution in [0.1, 0.15) is 63.6 Å². The van der Waals surface area contributed by atoms with Crippen LogP contribution in [0.15, 0.2) is 108 Å². The molecule has 0 spiro atoms. The van der Waals surface area contributed by atoms with Gasteiger partial charge < -0.3 is 10.0 Å². The van der Waals surface area contributed by atoms with Crippen LogP contribution in [0.5, 0.6) is 0 Å². The minimum absolute atomic E-state index is 0.103. The Morgan fingerprint density at radius 1 is 1.00 bits per heavy atom. The van der Waals surface area contributed by atoms with Crippen LogP contribution in [-0.4, -0.2) is 62.7 Å². The van der Waals surface area contributed by atoms with Gasteiger partial charge in [-0.25, -0.2) is 12.7 Å². The molecule has 0 radical (unpaired) electrons. The number of allylic oxidation sites excluding steroid dienone is 9. The summed E-state index contributed by atoms with van der Waals surface area (Å²) in [5, 5.41) is 8.89. The van der Waals surface area contributed by atoms with Crippen LogP contribution in [0, 0.1) is 6.92 Å². The summed E-state index contributed by atoms with van der Waals surface area (Å²) in [7, 11) is -6.39. The first-order chi connectivity index (χ1) is 22.3. The van der Waals surface area contributed by atoms with Crippen molar-refractivity contribution in [1.82, 2.24) is 4.31 Å². The summed E-state index contributed by atoms with van der Waals surface area (Å²) in [5.41, 5.74) is 4.87. The number of aryl methyl sites for hydroxylation is 1. The average Bonchev–Trinajstić information content (AvgIpc) is 3.21. The number of aliphatic carboxylic acids is 1. The highest BCUT2D eigenvalue weighted by Gasteiger charge is 2.39. The Balaban J connectivity index is 1.73. The van der Waals surface area contributed by atoms with E-state index in [2.05, 4.69) is 31.4 Å². The van der Waals surface area contributed by atoms with Crippen molar-refractivity contribution in [1.29, 1.82) is 0 Å². The van der Waals surface area contributed by atoms with Crippen LogP contribution in [-0.2, 0) is 35.8 Å². The van der Waals surface area contributed by atoms with Crippen LogP contribution < -0.4 is 4.90 Å². The van der Waals surface area contributed by atoms with Crippen molar-refractivity contribution >= 4 is 31.8 Å². The van der Waals surface area contributed by atoms with Gasteiger partial charge in [-0.2, -0.15) is 8.42 Å².